The standard InChI is InChI=1S/C23H22N2O2/c1-17-3-8-20(9-4-17)22-14-25-13-19(7-12-23(25)24-22)16-27-15-18-5-10-21(26-2)11-6-18/h3-14H,15-16H2,1-2H3. The second-order valence-corrected chi connectivity index (χ2v) is 6.64. The Hall–Kier alpha value is -3.11. The Labute approximate surface area is 159 Å². The van der Waals surface area contributed by atoms with Crippen molar-refractivity contribution in [1.29, 1.82) is 0 Å². The lowest BCUT2D eigenvalue weighted by atomic mass is 10.1. The number of imidazole rings is 1. The first-order valence-electron chi connectivity index (χ1n) is 8.96. The van der Waals surface area contributed by atoms with Gasteiger partial charge in [0, 0.05) is 18.0 Å². The molecule has 2 heterocycles. The SMILES string of the molecule is COc1ccc(COCc2ccc3nc(-c4ccc(C)cc4)cn3c2)cc1. The number of benzene rings is 2. The molecule has 0 aliphatic rings. The van der Waals surface area contributed by atoms with Crippen LogP contribution >= 0.6 is 0 Å². The second-order valence-electron chi connectivity index (χ2n) is 6.64. The van der Waals surface area contributed by atoms with Crippen molar-refractivity contribution in [2.45, 2.75) is 20.1 Å². The van der Waals surface area contributed by atoms with Crippen molar-refractivity contribution in [1.82, 2.24) is 9.38 Å². The summed E-state index contributed by atoms with van der Waals surface area (Å²) in [5, 5.41) is 0. The lowest BCUT2D eigenvalue weighted by molar-refractivity contribution is 0.107. The van der Waals surface area contributed by atoms with Crippen LogP contribution in [-0.4, -0.2) is 16.5 Å². The molecule has 0 atom stereocenters. The van der Waals surface area contributed by atoms with Gasteiger partial charge in [-0.25, -0.2) is 4.98 Å². The van der Waals surface area contributed by atoms with E-state index in [1.807, 2.05) is 30.3 Å². The molecule has 0 unspecified atom stereocenters. The summed E-state index contributed by atoms with van der Waals surface area (Å²) in [6.45, 7) is 3.21. The van der Waals surface area contributed by atoms with Gasteiger partial charge in [-0.15, -0.1) is 0 Å². The van der Waals surface area contributed by atoms with E-state index in [2.05, 4.69) is 54.0 Å². The summed E-state index contributed by atoms with van der Waals surface area (Å²) in [5.41, 5.74) is 6.53. The molecule has 0 aliphatic carbocycles. The third kappa shape index (κ3) is 4.01. The van der Waals surface area contributed by atoms with Gasteiger partial charge in [-0.2, -0.15) is 0 Å². The maximum absolute atomic E-state index is 5.86. The third-order valence-electron chi connectivity index (χ3n) is 4.56. The van der Waals surface area contributed by atoms with Crippen molar-refractivity contribution in [3.63, 3.8) is 0 Å². The molecule has 2 aromatic heterocycles. The topological polar surface area (TPSA) is 35.8 Å². The van der Waals surface area contributed by atoms with Crippen LogP contribution in [-0.2, 0) is 18.0 Å². The average Bonchev–Trinajstić information content (AvgIpc) is 3.12. The first-order chi connectivity index (χ1) is 13.2. The van der Waals surface area contributed by atoms with Gasteiger partial charge in [0.15, 0.2) is 0 Å². The summed E-state index contributed by atoms with van der Waals surface area (Å²) >= 11 is 0. The number of rotatable bonds is 6. The van der Waals surface area contributed by atoms with Gasteiger partial charge in [0.1, 0.15) is 11.4 Å². The molecule has 4 nitrogen and oxygen atoms in total. The molecule has 0 saturated heterocycles. The number of nitrogens with zero attached hydrogens (tertiary/aromatic N) is 2. The minimum atomic E-state index is 0.556. The quantitative estimate of drug-likeness (QED) is 0.485. The number of pyridine rings is 1. The minimum absolute atomic E-state index is 0.556. The van der Waals surface area contributed by atoms with Gasteiger partial charge in [-0.05, 0) is 36.2 Å². The van der Waals surface area contributed by atoms with Gasteiger partial charge in [0.25, 0.3) is 0 Å². The van der Waals surface area contributed by atoms with Crippen molar-refractivity contribution in [3.05, 3.63) is 89.7 Å². The maximum atomic E-state index is 5.86. The van der Waals surface area contributed by atoms with E-state index in [1.54, 1.807) is 7.11 Å². The van der Waals surface area contributed by atoms with Crippen LogP contribution in [0.1, 0.15) is 16.7 Å². The molecule has 0 fully saturated rings. The van der Waals surface area contributed by atoms with Crippen LogP contribution in [0.15, 0.2) is 73.1 Å². The van der Waals surface area contributed by atoms with Crippen LogP contribution < -0.4 is 4.74 Å². The van der Waals surface area contributed by atoms with E-state index in [1.165, 1.54) is 5.56 Å². The van der Waals surface area contributed by atoms with Crippen LogP contribution in [0.2, 0.25) is 0 Å². The van der Waals surface area contributed by atoms with Gasteiger partial charge in [0.2, 0.25) is 0 Å². The highest BCUT2D eigenvalue weighted by molar-refractivity contribution is 5.63. The summed E-state index contributed by atoms with van der Waals surface area (Å²) in [6, 6.07) is 20.5. The molecular formula is C23H22N2O2. The van der Waals surface area contributed by atoms with E-state index in [0.717, 1.165) is 33.8 Å². The van der Waals surface area contributed by atoms with Crippen LogP contribution in [0.25, 0.3) is 16.9 Å². The van der Waals surface area contributed by atoms with Crippen molar-refractivity contribution in [2.75, 3.05) is 7.11 Å². The molecule has 0 aliphatic heterocycles. The van der Waals surface area contributed by atoms with Crippen LogP contribution in [0.5, 0.6) is 5.75 Å². The summed E-state index contributed by atoms with van der Waals surface area (Å²) in [7, 11) is 1.67. The zero-order chi connectivity index (χ0) is 18.6. The van der Waals surface area contributed by atoms with Crippen molar-refractivity contribution in [2.24, 2.45) is 0 Å². The zero-order valence-electron chi connectivity index (χ0n) is 15.6. The molecule has 0 saturated carbocycles. The number of methoxy groups -OCH3 is 1. The molecule has 0 N–H and O–H groups in total. The first kappa shape index (κ1) is 17.3. The lowest BCUT2D eigenvalue weighted by Crippen LogP contribution is -1.96. The molecule has 4 aromatic rings. The van der Waals surface area contributed by atoms with E-state index in [-0.39, 0.29) is 0 Å². The van der Waals surface area contributed by atoms with Gasteiger partial charge in [-0.1, -0.05) is 48.0 Å². The van der Waals surface area contributed by atoms with Crippen molar-refractivity contribution < 1.29 is 9.47 Å². The Balaban J connectivity index is 1.44. The largest absolute Gasteiger partial charge is 0.497 e. The fourth-order valence-corrected chi connectivity index (χ4v) is 3.00. The minimum Gasteiger partial charge on any atom is -0.497 e. The third-order valence-corrected chi connectivity index (χ3v) is 4.56. The maximum Gasteiger partial charge on any atom is 0.137 e. The predicted octanol–water partition coefficient (Wildman–Crippen LogP) is 5.04. The fraction of sp³-hybridized carbons (Fsp3) is 0.174. The van der Waals surface area contributed by atoms with Gasteiger partial charge in [-0.3, -0.25) is 0 Å². The Morgan fingerprint density at radius 3 is 2.26 bits per heavy atom. The molecule has 4 heteroatoms. The van der Waals surface area contributed by atoms with E-state index < -0.39 is 0 Å². The zero-order valence-corrected chi connectivity index (χ0v) is 15.6. The van der Waals surface area contributed by atoms with E-state index in [0.29, 0.717) is 13.2 Å². The van der Waals surface area contributed by atoms with Crippen LogP contribution in [0.4, 0.5) is 0 Å². The number of fused-ring (bicyclic) bond motifs is 1. The lowest BCUT2D eigenvalue weighted by Gasteiger charge is -2.06. The number of aromatic nitrogens is 2. The summed E-state index contributed by atoms with van der Waals surface area (Å²) in [4.78, 5) is 4.71. The average molecular weight is 358 g/mol. The number of ether oxygens (including phenoxy) is 2. The monoisotopic (exact) mass is 358 g/mol. The molecule has 0 spiro atoms. The number of aryl methyl sites for hydroxylation is 1. The van der Waals surface area contributed by atoms with Gasteiger partial charge < -0.3 is 13.9 Å². The highest BCUT2D eigenvalue weighted by Gasteiger charge is 2.05. The van der Waals surface area contributed by atoms with E-state index in [4.69, 9.17) is 14.5 Å². The smallest absolute Gasteiger partial charge is 0.137 e. The van der Waals surface area contributed by atoms with Crippen LogP contribution in [0, 0.1) is 6.92 Å². The molecule has 0 radical (unpaired) electrons. The molecular weight excluding hydrogens is 336 g/mol. The van der Waals surface area contributed by atoms with Crippen LogP contribution in [0.3, 0.4) is 0 Å². The number of hydrogen-bond donors (Lipinski definition) is 0. The summed E-state index contributed by atoms with van der Waals surface area (Å²) < 4.78 is 13.1. The normalized spacial score (nSPS) is 11.0. The molecule has 4 rings (SSSR count). The summed E-state index contributed by atoms with van der Waals surface area (Å²) in [6.07, 6.45) is 4.14. The summed E-state index contributed by atoms with van der Waals surface area (Å²) in [5.74, 6) is 0.855. The molecule has 27 heavy (non-hydrogen) atoms. The van der Waals surface area contributed by atoms with E-state index >= 15 is 0 Å². The number of hydrogen-bond acceptors (Lipinski definition) is 3. The molecule has 0 bridgehead atoms. The Morgan fingerprint density at radius 2 is 1.52 bits per heavy atom. The Kier molecular flexibility index (Phi) is 4.90. The Morgan fingerprint density at radius 1 is 0.815 bits per heavy atom. The molecule has 136 valence electrons. The van der Waals surface area contributed by atoms with E-state index in [9.17, 15) is 0 Å². The van der Waals surface area contributed by atoms with Crippen molar-refractivity contribution in [3.8, 4) is 17.0 Å². The second kappa shape index (κ2) is 7.64. The highest BCUT2D eigenvalue weighted by atomic mass is 16.5. The molecule has 2 aromatic carbocycles. The highest BCUT2D eigenvalue weighted by Crippen LogP contribution is 2.20. The fourth-order valence-electron chi connectivity index (χ4n) is 3.00. The van der Waals surface area contributed by atoms with Crippen molar-refractivity contribution >= 4 is 5.65 Å². The Bertz CT molecular complexity index is 1030. The predicted molar refractivity (Wildman–Crippen MR) is 107 cm³/mol. The van der Waals surface area contributed by atoms with Gasteiger partial charge >= 0.3 is 0 Å². The molecule has 0 amide bonds. The van der Waals surface area contributed by atoms with Gasteiger partial charge in [0.05, 0.1) is 26.0 Å². The first-order valence-corrected chi connectivity index (χ1v) is 8.96.